The molecule has 2 aromatic rings. The molecule has 0 radical (unpaired) electrons. The molecular formula is C14H16F3N5OS. The number of anilines is 1. The van der Waals surface area contributed by atoms with Gasteiger partial charge < -0.3 is 5.32 Å². The molecule has 1 N–H and O–H groups in total. The normalized spacial score (nSPS) is 11.8. The summed E-state index contributed by atoms with van der Waals surface area (Å²) in [6, 6.07) is 4.49. The molecule has 1 heterocycles. The van der Waals surface area contributed by atoms with E-state index in [1.54, 1.807) is 4.68 Å². The lowest BCUT2D eigenvalue weighted by Crippen LogP contribution is -2.16. The SMILES string of the molecule is CC(C)Cn1nnnc1SCC(=O)Nc1cccc(C(F)(F)F)c1. The van der Waals surface area contributed by atoms with E-state index < -0.39 is 17.6 Å². The number of nitrogens with zero attached hydrogens (tertiary/aromatic N) is 4. The molecule has 0 fully saturated rings. The monoisotopic (exact) mass is 359 g/mol. The van der Waals surface area contributed by atoms with Crippen molar-refractivity contribution in [2.45, 2.75) is 31.7 Å². The van der Waals surface area contributed by atoms with Crippen molar-refractivity contribution in [3.63, 3.8) is 0 Å². The van der Waals surface area contributed by atoms with E-state index >= 15 is 0 Å². The van der Waals surface area contributed by atoms with Gasteiger partial charge in [-0.05, 0) is 34.5 Å². The Kier molecular flexibility index (Phi) is 5.81. The molecule has 0 aliphatic heterocycles. The van der Waals surface area contributed by atoms with Gasteiger partial charge in [0.2, 0.25) is 11.1 Å². The zero-order chi connectivity index (χ0) is 17.7. The third-order valence-corrected chi connectivity index (χ3v) is 3.80. The van der Waals surface area contributed by atoms with Crippen LogP contribution in [0.15, 0.2) is 29.4 Å². The van der Waals surface area contributed by atoms with Crippen molar-refractivity contribution in [1.82, 2.24) is 20.2 Å². The Hall–Kier alpha value is -2.10. The summed E-state index contributed by atoms with van der Waals surface area (Å²) >= 11 is 1.13. The van der Waals surface area contributed by atoms with Crippen LogP contribution in [0.1, 0.15) is 19.4 Å². The number of tetrazole rings is 1. The first-order valence-corrected chi connectivity index (χ1v) is 8.10. The quantitative estimate of drug-likeness (QED) is 0.803. The number of amides is 1. The van der Waals surface area contributed by atoms with Crippen LogP contribution in [0, 0.1) is 5.92 Å². The van der Waals surface area contributed by atoms with Crippen molar-refractivity contribution in [3.05, 3.63) is 29.8 Å². The Morgan fingerprint density at radius 1 is 1.38 bits per heavy atom. The van der Waals surface area contributed by atoms with Gasteiger partial charge in [0.15, 0.2) is 0 Å². The maximum atomic E-state index is 12.6. The summed E-state index contributed by atoms with van der Waals surface area (Å²) in [5.41, 5.74) is -0.717. The van der Waals surface area contributed by atoms with Crippen LogP contribution in [0.25, 0.3) is 0 Å². The molecule has 0 aliphatic rings. The highest BCUT2D eigenvalue weighted by atomic mass is 32.2. The molecule has 24 heavy (non-hydrogen) atoms. The van der Waals surface area contributed by atoms with Crippen LogP contribution < -0.4 is 5.32 Å². The molecule has 1 aromatic heterocycles. The van der Waals surface area contributed by atoms with E-state index in [4.69, 9.17) is 0 Å². The summed E-state index contributed by atoms with van der Waals surface area (Å²) in [6.07, 6.45) is -4.45. The van der Waals surface area contributed by atoms with Gasteiger partial charge in [-0.1, -0.05) is 31.7 Å². The molecule has 1 amide bonds. The van der Waals surface area contributed by atoms with E-state index in [0.717, 1.165) is 23.9 Å². The van der Waals surface area contributed by atoms with Crippen molar-refractivity contribution in [1.29, 1.82) is 0 Å². The molecule has 0 saturated heterocycles. The largest absolute Gasteiger partial charge is 0.416 e. The zero-order valence-corrected chi connectivity index (χ0v) is 13.9. The number of aromatic nitrogens is 4. The summed E-state index contributed by atoms with van der Waals surface area (Å²) in [7, 11) is 0. The second-order valence-corrected chi connectivity index (χ2v) is 6.40. The minimum Gasteiger partial charge on any atom is -0.325 e. The Bertz CT molecular complexity index is 702. The molecular weight excluding hydrogens is 343 g/mol. The minimum absolute atomic E-state index is 0.00524. The number of alkyl halides is 3. The molecule has 2 rings (SSSR count). The first kappa shape index (κ1) is 18.2. The van der Waals surface area contributed by atoms with Crippen molar-refractivity contribution < 1.29 is 18.0 Å². The van der Waals surface area contributed by atoms with Crippen LogP contribution >= 0.6 is 11.8 Å². The highest BCUT2D eigenvalue weighted by Gasteiger charge is 2.30. The number of hydrogen-bond donors (Lipinski definition) is 1. The summed E-state index contributed by atoms with van der Waals surface area (Å²) in [6.45, 7) is 4.64. The third kappa shape index (κ3) is 5.22. The smallest absolute Gasteiger partial charge is 0.325 e. The minimum atomic E-state index is -4.45. The van der Waals surface area contributed by atoms with Crippen LogP contribution in [-0.2, 0) is 17.5 Å². The van der Waals surface area contributed by atoms with Crippen molar-refractivity contribution in [2.24, 2.45) is 5.92 Å². The lowest BCUT2D eigenvalue weighted by molar-refractivity contribution is -0.137. The predicted molar refractivity (Wildman–Crippen MR) is 83.5 cm³/mol. The second kappa shape index (κ2) is 7.65. The molecule has 0 spiro atoms. The third-order valence-electron chi connectivity index (χ3n) is 2.84. The Labute approximate surface area is 140 Å². The molecule has 0 saturated carbocycles. The predicted octanol–water partition coefficient (Wildman–Crippen LogP) is 3.08. The number of benzene rings is 1. The number of nitrogens with one attached hydrogen (secondary N) is 1. The maximum Gasteiger partial charge on any atom is 0.416 e. The van der Waals surface area contributed by atoms with Gasteiger partial charge in [-0.15, -0.1) is 5.10 Å². The number of rotatable bonds is 6. The number of hydrogen-bond acceptors (Lipinski definition) is 5. The van der Waals surface area contributed by atoms with Gasteiger partial charge in [0.05, 0.1) is 11.3 Å². The first-order valence-electron chi connectivity index (χ1n) is 7.12. The van der Waals surface area contributed by atoms with Gasteiger partial charge in [0.25, 0.3) is 0 Å². The highest BCUT2D eigenvalue weighted by molar-refractivity contribution is 7.99. The van der Waals surface area contributed by atoms with Gasteiger partial charge >= 0.3 is 6.18 Å². The van der Waals surface area contributed by atoms with E-state index in [9.17, 15) is 18.0 Å². The summed E-state index contributed by atoms with van der Waals surface area (Å²) in [4.78, 5) is 11.9. The van der Waals surface area contributed by atoms with E-state index in [-0.39, 0.29) is 11.4 Å². The van der Waals surface area contributed by atoms with Gasteiger partial charge in [-0.3, -0.25) is 4.79 Å². The number of thioether (sulfide) groups is 1. The second-order valence-electron chi connectivity index (χ2n) is 5.45. The fourth-order valence-electron chi connectivity index (χ4n) is 1.86. The maximum absolute atomic E-state index is 12.6. The van der Waals surface area contributed by atoms with Gasteiger partial charge in [0, 0.05) is 12.2 Å². The Morgan fingerprint density at radius 2 is 2.12 bits per heavy atom. The Morgan fingerprint density at radius 3 is 2.79 bits per heavy atom. The van der Waals surface area contributed by atoms with E-state index in [2.05, 4.69) is 20.8 Å². The number of halogens is 3. The van der Waals surface area contributed by atoms with Crippen molar-refractivity contribution in [3.8, 4) is 0 Å². The molecule has 10 heteroatoms. The average molecular weight is 359 g/mol. The standard InChI is InChI=1S/C14H16F3N5OS/c1-9(2)7-22-13(19-20-21-22)24-8-12(23)18-11-5-3-4-10(6-11)14(15,16)17/h3-6,9H,7-8H2,1-2H3,(H,18,23). The molecule has 0 atom stereocenters. The highest BCUT2D eigenvalue weighted by Crippen LogP contribution is 2.30. The molecule has 6 nitrogen and oxygen atoms in total. The Balaban J connectivity index is 1.94. The summed E-state index contributed by atoms with van der Waals surface area (Å²) in [5.74, 6) is -0.0976. The van der Waals surface area contributed by atoms with Crippen LogP contribution in [0.5, 0.6) is 0 Å². The van der Waals surface area contributed by atoms with E-state index in [1.807, 2.05) is 13.8 Å². The molecule has 0 bridgehead atoms. The van der Waals surface area contributed by atoms with Crippen molar-refractivity contribution in [2.75, 3.05) is 11.1 Å². The molecule has 130 valence electrons. The van der Waals surface area contributed by atoms with Crippen LogP contribution in [0.4, 0.5) is 18.9 Å². The van der Waals surface area contributed by atoms with E-state index in [0.29, 0.717) is 17.6 Å². The molecule has 1 aromatic carbocycles. The number of carbonyl (C=O) groups is 1. The van der Waals surface area contributed by atoms with Crippen LogP contribution in [0.2, 0.25) is 0 Å². The molecule has 0 aliphatic carbocycles. The van der Waals surface area contributed by atoms with Crippen LogP contribution in [-0.4, -0.2) is 31.9 Å². The van der Waals surface area contributed by atoms with Gasteiger partial charge in [-0.2, -0.15) is 13.2 Å². The van der Waals surface area contributed by atoms with Crippen LogP contribution in [0.3, 0.4) is 0 Å². The number of carbonyl (C=O) groups excluding carboxylic acids is 1. The first-order chi connectivity index (χ1) is 11.3. The lowest BCUT2D eigenvalue weighted by atomic mass is 10.2. The zero-order valence-electron chi connectivity index (χ0n) is 13.0. The summed E-state index contributed by atoms with van der Waals surface area (Å²) in [5, 5.41) is 14.2. The van der Waals surface area contributed by atoms with Gasteiger partial charge in [0.1, 0.15) is 0 Å². The fourth-order valence-corrected chi connectivity index (χ4v) is 2.55. The van der Waals surface area contributed by atoms with Gasteiger partial charge in [-0.25, -0.2) is 4.68 Å². The fraction of sp³-hybridized carbons (Fsp3) is 0.429. The topological polar surface area (TPSA) is 72.7 Å². The van der Waals surface area contributed by atoms with E-state index in [1.165, 1.54) is 12.1 Å². The average Bonchev–Trinajstić information content (AvgIpc) is 2.91. The lowest BCUT2D eigenvalue weighted by Gasteiger charge is -2.10. The summed E-state index contributed by atoms with van der Waals surface area (Å²) < 4.78 is 39.5. The van der Waals surface area contributed by atoms with Crippen molar-refractivity contribution >= 4 is 23.4 Å². The molecule has 0 unspecified atom stereocenters.